The van der Waals surface area contributed by atoms with Crippen LogP contribution in [0.3, 0.4) is 0 Å². The zero-order chi connectivity index (χ0) is 15.2. The van der Waals surface area contributed by atoms with Gasteiger partial charge in [0.1, 0.15) is 0 Å². The number of rotatable bonds is 5. The minimum atomic E-state index is -0.561. The average molecular weight is 270 g/mol. The second-order valence-corrected chi connectivity index (χ2v) is 5.67. The summed E-state index contributed by atoms with van der Waals surface area (Å²) in [6.07, 6.45) is 1.67. The van der Waals surface area contributed by atoms with Crippen LogP contribution in [-0.4, -0.2) is 43.0 Å². The molecule has 0 heterocycles. The molecule has 0 bridgehead atoms. The van der Waals surface area contributed by atoms with Gasteiger partial charge in [-0.05, 0) is 19.3 Å². The first-order valence-corrected chi connectivity index (χ1v) is 6.45. The SMILES string of the molecule is CCOC(=O)/C(C)=C/CN(C)C(=O)[C@@H](N)C(C)(C)C. The molecule has 0 fully saturated rings. The van der Waals surface area contributed by atoms with Gasteiger partial charge >= 0.3 is 5.97 Å². The molecule has 1 atom stereocenters. The fraction of sp³-hybridized carbons (Fsp3) is 0.714. The third-order valence-electron chi connectivity index (χ3n) is 2.84. The number of nitrogens with zero attached hydrogens (tertiary/aromatic N) is 1. The van der Waals surface area contributed by atoms with E-state index in [-0.39, 0.29) is 17.3 Å². The van der Waals surface area contributed by atoms with Crippen LogP contribution in [0.1, 0.15) is 34.6 Å². The monoisotopic (exact) mass is 270 g/mol. The van der Waals surface area contributed by atoms with Gasteiger partial charge in [0, 0.05) is 19.2 Å². The highest BCUT2D eigenvalue weighted by atomic mass is 16.5. The Morgan fingerprint density at radius 3 is 2.32 bits per heavy atom. The zero-order valence-corrected chi connectivity index (χ0v) is 12.8. The quantitative estimate of drug-likeness (QED) is 0.604. The van der Waals surface area contributed by atoms with E-state index in [2.05, 4.69) is 0 Å². The van der Waals surface area contributed by atoms with Crippen LogP contribution in [0.15, 0.2) is 11.6 Å². The molecule has 0 saturated heterocycles. The van der Waals surface area contributed by atoms with E-state index in [1.807, 2.05) is 20.8 Å². The van der Waals surface area contributed by atoms with Crippen LogP contribution in [0, 0.1) is 5.41 Å². The summed E-state index contributed by atoms with van der Waals surface area (Å²) in [6.45, 7) is 9.86. The van der Waals surface area contributed by atoms with E-state index >= 15 is 0 Å². The van der Waals surface area contributed by atoms with Crippen molar-refractivity contribution in [1.82, 2.24) is 4.90 Å². The van der Waals surface area contributed by atoms with Crippen LogP contribution in [0.25, 0.3) is 0 Å². The predicted molar refractivity (Wildman–Crippen MR) is 75.5 cm³/mol. The summed E-state index contributed by atoms with van der Waals surface area (Å²) >= 11 is 0. The normalized spacial score (nSPS) is 13.9. The Balaban J connectivity index is 4.54. The standard InChI is InChI=1S/C14H26N2O3/c1-7-19-13(18)10(2)8-9-16(6)12(17)11(15)14(3,4)5/h8,11H,7,9,15H2,1-6H3/b10-8+/t11-/m1/s1. The van der Waals surface area contributed by atoms with Crippen molar-refractivity contribution < 1.29 is 14.3 Å². The van der Waals surface area contributed by atoms with Gasteiger partial charge in [-0.3, -0.25) is 4.79 Å². The number of hydrogen-bond donors (Lipinski definition) is 1. The van der Waals surface area contributed by atoms with Gasteiger partial charge in [-0.15, -0.1) is 0 Å². The number of esters is 1. The number of ether oxygens (including phenoxy) is 1. The number of amides is 1. The Hall–Kier alpha value is -1.36. The molecule has 110 valence electrons. The topological polar surface area (TPSA) is 72.6 Å². The molecule has 0 aromatic carbocycles. The van der Waals surface area contributed by atoms with E-state index in [9.17, 15) is 9.59 Å². The van der Waals surface area contributed by atoms with Crippen LogP contribution in [0.5, 0.6) is 0 Å². The Morgan fingerprint density at radius 2 is 1.89 bits per heavy atom. The minimum absolute atomic E-state index is 0.139. The largest absolute Gasteiger partial charge is 0.463 e. The van der Waals surface area contributed by atoms with E-state index in [0.29, 0.717) is 18.7 Å². The highest BCUT2D eigenvalue weighted by Crippen LogP contribution is 2.18. The molecule has 19 heavy (non-hydrogen) atoms. The molecule has 0 aliphatic carbocycles. The summed E-state index contributed by atoms with van der Waals surface area (Å²) in [5, 5.41) is 0. The number of carbonyl (C=O) groups excluding carboxylic acids is 2. The van der Waals surface area contributed by atoms with Crippen molar-refractivity contribution >= 4 is 11.9 Å². The maximum absolute atomic E-state index is 12.1. The first-order valence-electron chi connectivity index (χ1n) is 6.45. The lowest BCUT2D eigenvalue weighted by Gasteiger charge is -2.29. The summed E-state index contributed by atoms with van der Waals surface area (Å²) < 4.78 is 4.86. The number of carbonyl (C=O) groups is 2. The van der Waals surface area contributed by atoms with Crippen LogP contribution in [0.2, 0.25) is 0 Å². The lowest BCUT2D eigenvalue weighted by atomic mass is 9.86. The minimum Gasteiger partial charge on any atom is -0.463 e. The summed E-state index contributed by atoms with van der Waals surface area (Å²) in [5.41, 5.74) is 6.11. The van der Waals surface area contributed by atoms with Crippen molar-refractivity contribution in [3.05, 3.63) is 11.6 Å². The van der Waals surface area contributed by atoms with E-state index in [1.165, 1.54) is 4.90 Å². The van der Waals surface area contributed by atoms with Gasteiger partial charge in [0.2, 0.25) is 5.91 Å². The lowest BCUT2D eigenvalue weighted by molar-refractivity contribution is -0.138. The molecule has 5 heteroatoms. The smallest absolute Gasteiger partial charge is 0.333 e. The number of nitrogens with two attached hydrogens (primary N) is 1. The van der Waals surface area contributed by atoms with Crippen molar-refractivity contribution in [2.24, 2.45) is 11.1 Å². The van der Waals surface area contributed by atoms with Gasteiger partial charge < -0.3 is 15.4 Å². The third-order valence-corrected chi connectivity index (χ3v) is 2.84. The highest BCUT2D eigenvalue weighted by molar-refractivity contribution is 5.88. The summed E-state index contributed by atoms with van der Waals surface area (Å²) in [4.78, 5) is 25.0. The zero-order valence-electron chi connectivity index (χ0n) is 12.8. The first kappa shape index (κ1) is 17.6. The second-order valence-electron chi connectivity index (χ2n) is 5.67. The van der Waals surface area contributed by atoms with Gasteiger partial charge in [0.25, 0.3) is 0 Å². The van der Waals surface area contributed by atoms with Gasteiger partial charge in [0.05, 0.1) is 12.6 Å². The van der Waals surface area contributed by atoms with Crippen LogP contribution in [0.4, 0.5) is 0 Å². The van der Waals surface area contributed by atoms with Gasteiger partial charge in [-0.1, -0.05) is 26.8 Å². The van der Waals surface area contributed by atoms with Crippen LogP contribution in [-0.2, 0) is 14.3 Å². The molecule has 0 spiro atoms. The Labute approximate surface area is 115 Å². The fourth-order valence-electron chi connectivity index (χ4n) is 1.30. The van der Waals surface area contributed by atoms with Crippen molar-refractivity contribution in [3.8, 4) is 0 Å². The van der Waals surface area contributed by atoms with Gasteiger partial charge in [-0.2, -0.15) is 0 Å². The van der Waals surface area contributed by atoms with Gasteiger partial charge in [-0.25, -0.2) is 4.79 Å². The molecule has 2 N–H and O–H groups in total. The summed E-state index contributed by atoms with van der Waals surface area (Å²) in [7, 11) is 1.67. The van der Waals surface area contributed by atoms with Crippen LogP contribution < -0.4 is 5.73 Å². The highest BCUT2D eigenvalue weighted by Gasteiger charge is 2.29. The Kier molecular flexibility index (Phi) is 6.76. The Morgan fingerprint density at radius 1 is 1.37 bits per heavy atom. The first-order chi connectivity index (χ1) is 8.61. The fourth-order valence-corrected chi connectivity index (χ4v) is 1.30. The molecular formula is C14H26N2O3. The second kappa shape index (κ2) is 7.28. The molecule has 0 saturated carbocycles. The van der Waals surface area contributed by atoms with Crippen molar-refractivity contribution in [2.75, 3.05) is 20.2 Å². The third kappa shape index (κ3) is 5.87. The molecule has 1 amide bonds. The van der Waals surface area contributed by atoms with E-state index in [4.69, 9.17) is 10.5 Å². The Bertz CT molecular complexity index is 356. The number of hydrogen-bond acceptors (Lipinski definition) is 4. The van der Waals surface area contributed by atoms with Crippen molar-refractivity contribution in [3.63, 3.8) is 0 Å². The molecule has 0 unspecified atom stereocenters. The molecule has 0 radical (unpaired) electrons. The van der Waals surface area contributed by atoms with Crippen molar-refractivity contribution in [2.45, 2.75) is 40.7 Å². The molecule has 0 aromatic heterocycles. The molecule has 5 nitrogen and oxygen atoms in total. The number of likely N-dealkylation sites (N-methyl/N-ethyl adjacent to an activating group) is 1. The van der Waals surface area contributed by atoms with Gasteiger partial charge in [0.15, 0.2) is 0 Å². The summed E-state index contributed by atoms with van der Waals surface area (Å²) in [5.74, 6) is -0.496. The maximum Gasteiger partial charge on any atom is 0.333 e. The van der Waals surface area contributed by atoms with E-state index in [0.717, 1.165) is 0 Å². The average Bonchev–Trinajstić information content (AvgIpc) is 2.32. The molecule has 0 aliphatic rings. The maximum atomic E-state index is 12.1. The van der Waals surface area contributed by atoms with Crippen molar-refractivity contribution in [1.29, 1.82) is 0 Å². The molecule has 0 rings (SSSR count). The molecule has 0 aliphatic heterocycles. The van der Waals surface area contributed by atoms with E-state index < -0.39 is 6.04 Å². The van der Waals surface area contributed by atoms with E-state index in [1.54, 1.807) is 27.0 Å². The van der Waals surface area contributed by atoms with Crippen LogP contribution >= 0.6 is 0 Å². The molecular weight excluding hydrogens is 244 g/mol. The predicted octanol–water partition coefficient (Wildman–Crippen LogP) is 1.33. The molecule has 0 aromatic rings. The summed E-state index contributed by atoms with van der Waals surface area (Å²) in [6, 6.07) is -0.561. The lowest BCUT2D eigenvalue weighted by Crippen LogP contribution is -2.49.